The Morgan fingerprint density at radius 3 is 2.15 bits per heavy atom. The van der Waals surface area contributed by atoms with E-state index in [9.17, 15) is 24.0 Å². The quantitative estimate of drug-likeness (QED) is 0.286. The summed E-state index contributed by atoms with van der Waals surface area (Å²) in [5.74, 6) is -2.12. The maximum Gasteiger partial charge on any atom is 0.408 e. The number of alkyl carbamates (subject to hydrolysis) is 1. The second kappa shape index (κ2) is 16.0. The fourth-order valence-corrected chi connectivity index (χ4v) is 4.36. The maximum atomic E-state index is 14.4. The van der Waals surface area contributed by atoms with E-state index in [4.69, 9.17) is 10.5 Å². The van der Waals surface area contributed by atoms with E-state index in [1.54, 1.807) is 26.8 Å². The van der Waals surface area contributed by atoms with Crippen LogP contribution in [0.2, 0.25) is 0 Å². The van der Waals surface area contributed by atoms with Crippen LogP contribution in [0, 0.1) is 19.8 Å². The number of carbonyl (C=O) groups excluding carboxylic acids is 5. The molecule has 3 unspecified atom stereocenters. The summed E-state index contributed by atoms with van der Waals surface area (Å²) < 4.78 is 10.1. The van der Waals surface area contributed by atoms with Crippen molar-refractivity contribution in [3.05, 3.63) is 34.9 Å². The molecule has 11 heteroatoms. The van der Waals surface area contributed by atoms with Gasteiger partial charge in [0, 0.05) is 12.5 Å². The molecule has 1 aromatic carbocycles. The minimum Gasteiger partial charge on any atom is -0.468 e. The molecule has 0 saturated carbocycles. The monoisotopic (exact) mass is 576 g/mol. The molecule has 0 heterocycles. The molecule has 0 spiro atoms. The van der Waals surface area contributed by atoms with Crippen LogP contribution in [0.4, 0.5) is 4.79 Å². The summed E-state index contributed by atoms with van der Waals surface area (Å²) in [5, 5.41) is 5.19. The molecule has 0 bridgehead atoms. The average molecular weight is 577 g/mol. The summed E-state index contributed by atoms with van der Waals surface area (Å²) in [4.78, 5) is 65.9. The number of benzene rings is 1. The molecule has 0 aliphatic heterocycles. The van der Waals surface area contributed by atoms with Crippen molar-refractivity contribution in [2.45, 2.75) is 105 Å². The Morgan fingerprint density at radius 2 is 1.63 bits per heavy atom. The number of carbonyl (C=O) groups is 5. The van der Waals surface area contributed by atoms with Crippen LogP contribution in [0.1, 0.15) is 90.0 Å². The first kappa shape index (κ1) is 35.4. The second-order valence-corrected chi connectivity index (χ2v) is 11.8. The third-order valence-corrected chi connectivity index (χ3v) is 6.44. The first-order chi connectivity index (χ1) is 19.0. The number of rotatable bonds is 14. The highest BCUT2D eigenvalue weighted by atomic mass is 16.6. The third-order valence-electron chi connectivity index (χ3n) is 6.44. The first-order valence-electron chi connectivity index (χ1n) is 14.0. The molecule has 0 radical (unpaired) electrons. The van der Waals surface area contributed by atoms with Crippen LogP contribution in [-0.2, 0) is 28.7 Å². The summed E-state index contributed by atoms with van der Waals surface area (Å²) >= 11 is 0. The van der Waals surface area contributed by atoms with Crippen LogP contribution >= 0.6 is 0 Å². The number of nitrogens with one attached hydrogen (secondary N) is 2. The van der Waals surface area contributed by atoms with Crippen molar-refractivity contribution in [1.29, 1.82) is 0 Å². The lowest BCUT2D eigenvalue weighted by Gasteiger charge is -2.39. The number of methoxy groups -OCH3 is 1. The fraction of sp³-hybridized carbons (Fsp3) is 0.633. The zero-order valence-electron chi connectivity index (χ0n) is 26.0. The summed E-state index contributed by atoms with van der Waals surface area (Å²) in [7, 11) is 1.21. The van der Waals surface area contributed by atoms with E-state index in [0.717, 1.165) is 17.5 Å². The fourth-order valence-electron chi connectivity index (χ4n) is 4.36. The Morgan fingerprint density at radius 1 is 1.00 bits per heavy atom. The lowest BCUT2D eigenvalue weighted by molar-refractivity contribution is -0.146. The highest BCUT2D eigenvalue weighted by Gasteiger charge is 2.39. The summed E-state index contributed by atoms with van der Waals surface area (Å²) in [6.45, 7) is 14.4. The smallest absolute Gasteiger partial charge is 0.408 e. The second-order valence-electron chi connectivity index (χ2n) is 11.8. The van der Waals surface area contributed by atoms with E-state index < -0.39 is 53.5 Å². The number of nitrogens with zero attached hydrogens (tertiary/aromatic N) is 1. The molecule has 11 nitrogen and oxygen atoms in total. The van der Waals surface area contributed by atoms with Crippen LogP contribution in [0.5, 0.6) is 0 Å². The molecule has 230 valence electrons. The van der Waals surface area contributed by atoms with Crippen molar-refractivity contribution in [3.8, 4) is 0 Å². The molecule has 4 amide bonds. The molecule has 1 rings (SSSR count). The van der Waals surface area contributed by atoms with Crippen molar-refractivity contribution >= 4 is 29.8 Å². The van der Waals surface area contributed by atoms with Crippen molar-refractivity contribution in [3.63, 3.8) is 0 Å². The predicted octanol–water partition coefficient (Wildman–Crippen LogP) is 3.45. The molecule has 4 N–H and O–H groups in total. The predicted molar refractivity (Wildman–Crippen MR) is 156 cm³/mol. The molecular formula is C30H48N4O7. The third kappa shape index (κ3) is 12.2. The summed E-state index contributed by atoms with van der Waals surface area (Å²) in [6.07, 6.45) is 0.213. The zero-order chi connectivity index (χ0) is 31.5. The summed E-state index contributed by atoms with van der Waals surface area (Å²) in [5.41, 5.74) is 6.86. The Labute approximate surface area is 243 Å². The van der Waals surface area contributed by atoms with Gasteiger partial charge < -0.3 is 30.7 Å². The van der Waals surface area contributed by atoms with Gasteiger partial charge in [-0.2, -0.15) is 0 Å². The Balaban J connectivity index is 3.71. The van der Waals surface area contributed by atoms with Crippen LogP contribution in [-0.4, -0.2) is 66.0 Å². The van der Waals surface area contributed by atoms with Gasteiger partial charge in [0.2, 0.25) is 17.7 Å². The Kier molecular flexibility index (Phi) is 13.8. The van der Waals surface area contributed by atoms with E-state index in [-0.39, 0.29) is 19.4 Å². The van der Waals surface area contributed by atoms with Gasteiger partial charge in [-0.3, -0.25) is 19.2 Å². The molecule has 1 aromatic rings. The van der Waals surface area contributed by atoms with Crippen LogP contribution in [0.3, 0.4) is 0 Å². The normalized spacial score (nSPS) is 13.5. The van der Waals surface area contributed by atoms with E-state index >= 15 is 0 Å². The molecular weight excluding hydrogens is 528 g/mol. The van der Waals surface area contributed by atoms with Gasteiger partial charge in [0.05, 0.1) is 7.11 Å². The van der Waals surface area contributed by atoms with Gasteiger partial charge in [-0.1, -0.05) is 37.6 Å². The molecule has 0 aromatic heterocycles. The van der Waals surface area contributed by atoms with Crippen molar-refractivity contribution in [2.75, 3.05) is 13.7 Å². The van der Waals surface area contributed by atoms with Gasteiger partial charge in [0.15, 0.2) is 0 Å². The SMILES string of the molecule is COC(=O)CNC(=O)C(c1ccc(C)cc1C)N(C(=O)C(CCC(N)=O)NC(=O)OC(C)(C)C)C(C)CCC(C)C. The molecule has 0 saturated heterocycles. The molecule has 0 aliphatic rings. The van der Waals surface area contributed by atoms with Crippen LogP contribution in [0.15, 0.2) is 18.2 Å². The first-order valence-corrected chi connectivity index (χ1v) is 14.0. The Hall–Kier alpha value is -3.63. The topological polar surface area (TPSA) is 157 Å². The number of primary amides is 1. The minimum absolute atomic E-state index is 0.0931. The number of ether oxygens (including phenoxy) is 2. The van der Waals surface area contributed by atoms with Crippen LogP contribution < -0.4 is 16.4 Å². The molecule has 0 aliphatic carbocycles. The largest absolute Gasteiger partial charge is 0.468 e. The number of amides is 4. The lowest BCUT2D eigenvalue weighted by atomic mass is 9.93. The maximum absolute atomic E-state index is 14.4. The van der Waals surface area contributed by atoms with Gasteiger partial charge in [-0.05, 0) is 77.8 Å². The number of nitrogens with two attached hydrogens (primary N) is 1. The lowest BCUT2D eigenvalue weighted by Crippen LogP contribution is -2.56. The van der Waals surface area contributed by atoms with Gasteiger partial charge in [-0.15, -0.1) is 0 Å². The van der Waals surface area contributed by atoms with Gasteiger partial charge in [0.1, 0.15) is 24.2 Å². The average Bonchev–Trinajstić information content (AvgIpc) is 2.85. The van der Waals surface area contributed by atoms with Crippen molar-refractivity contribution in [2.24, 2.45) is 11.7 Å². The highest BCUT2D eigenvalue weighted by molar-refractivity contribution is 5.94. The van der Waals surface area contributed by atoms with E-state index in [2.05, 4.69) is 29.2 Å². The number of hydrogen-bond donors (Lipinski definition) is 3. The highest BCUT2D eigenvalue weighted by Crippen LogP contribution is 2.30. The van der Waals surface area contributed by atoms with Gasteiger partial charge in [0.25, 0.3) is 0 Å². The van der Waals surface area contributed by atoms with E-state index in [1.165, 1.54) is 12.0 Å². The zero-order valence-corrected chi connectivity index (χ0v) is 26.0. The van der Waals surface area contributed by atoms with E-state index in [0.29, 0.717) is 17.9 Å². The van der Waals surface area contributed by atoms with Gasteiger partial charge >= 0.3 is 12.1 Å². The van der Waals surface area contributed by atoms with E-state index in [1.807, 2.05) is 32.9 Å². The van der Waals surface area contributed by atoms with Crippen molar-refractivity contribution in [1.82, 2.24) is 15.5 Å². The molecule has 0 fully saturated rings. The van der Waals surface area contributed by atoms with Crippen LogP contribution in [0.25, 0.3) is 0 Å². The number of hydrogen-bond acceptors (Lipinski definition) is 7. The molecule has 3 atom stereocenters. The Bertz CT molecular complexity index is 1080. The summed E-state index contributed by atoms with van der Waals surface area (Å²) in [6, 6.07) is 2.71. The van der Waals surface area contributed by atoms with Gasteiger partial charge in [-0.25, -0.2) is 4.79 Å². The number of esters is 1. The minimum atomic E-state index is -1.21. The molecule has 41 heavy (non-hydrogen) atoms. The number of aryl methyl sites for hydroxylation is 2. The standard InChI is InChI=1S/C30H48N4O7/c1-18(2)10-12-21(5)34(28(38)23(14-15-24(31)35)33-29(39)41-30(6,7)8)26(27(37)32-17-25(36)40-9)22-13-11-19(3)16-20(22)4/h11,13,16,18,21,23,26H,10,12,14-15,17H2,1-9H3,(H2,31,35)(H,32,37)(H,33,39). The van der Waals surface area contributed by atoms with Crippen molar-refractivity contribution < 1.29 is 33.4 Å².